The Morgan fingerprint density at radius 2 is 1.30 bits per heavy atom. The van der Waals surface area contributed by atoms with E-state index in [1.54, 1.807) is 0 Å². The average molecular weight is 522 g/mol. The van der Waals surface area contributed by atoms with Crippen LogP contribution in [0.4, 0.5) is 0 Å². The zero-order chi connectivity index (χ0) is 20.9. The minimum atomic E-state index is -2.98. The first-order valence-electron chi connectivity index (χ1n) is 14.4. The Kier molecular flexibility index (Phi) is 0.437. The Balaban J connectivity index is 0.0000000799. The van der Waals surface area contributed by atoms with Crippen LogP contribution in [0, 0.1) is 0 Å². The fourth-order valence-corrected chi connectivity index (χ4v) is 189. The van der Waals surface area contributed by atoms with E-state index in [9.17, 15) is 5.11 Å². The molecule has 1 N–H and O–H groups in total. The van der Waals surface area contributed by atoms with Gasteiger partial charge in [0.15, 0.2) is 0 Å². The molecule has 0 aromatic rings. The standard InChI is InChI=1S/C12H15.C8H9O.2C5H5.2Fe/c1-4-6-11-7-5-8-12(11)9-10(2)3;1-2-8(9)7-5-3-4-6-7;2*1-2-4-5-3-1;;/h4-5,7-8H,1-2,6,9H2,3H3;2-6,8-9H,1H2;2*1-5H;;. The van der Waals surface area contributed by atoms with E-state index in [1.165, 1.54) is 100 Å². The fraction of sp³-hybridized carbons (Fsp3) is 0.800. The van der Waals surface area contributed by atoms with E-state index in [-0.39, 0.29) is 6.10 Å². The van der Waals surface area contributed by atoms with Crippen LogP contribution < -0.4 is 0 Å². The molecular formula is C30H34Fe2O. The molecule has 1 nitrogen and oxygen atoms in total. The molecule has 20 aliphatic heterocycles. The van der Waals surface area contributed by atoms with Crippen molar-refractivity contribution < 1.29 is 18.1 Å². The van der Waals surface area contributed by atoms with Gasteiger partial charge in [-0.15, -0.1) is 0 Å². The molecule has 0 aromatic heterocycles. The van der Waals surface area contributed by atoms with Gasteiger partial charge in [-0.25, -0.2) is 0 Å². The third-order valence-corrected chi connectivity index (χ3v) is 119. The first kappa shape index (κ1) is 13.1. The molecule has 20 fully saturated rings. The molecule has 0 saturated carbocycles. The number of fused-ring (bicyclic) bond motifs is 20. The van der Waals surface area contributed by atoms with Gasteiger partial charge in [-0.05, 0) is 0 Å². The molecular weight excluding hydrogens is 488 g/mol. The maximum absolute atomic E-state index is 10.6. The molecule has 20 heterocycles. The summed E-state index contributed by atoms with van der Waals surface area (Å²) in [5, 5.41) is 10.6. The number of hydrogen-bond acceptors (Lipinski definition) is 1. The van der Waals surface area contributed by atoms with E-state index in [0.717, 1.165) is 8.63 Å². The zero-order valence-corrected chi connectivity index (χ0v) is 21.4. The van der Waals surface area contributed by atoms with Gasteiger partial charge in [-0.1, -0.05) is 0 Å². The Hall–Kier alpha value is 0.219. The molecule has 0 aliphatic carbocycles. The fourth-order valence-electron chi connectivity index (χ4n) is 36.6. The van der Waals surface area contributed by atoms with Gasteiger partial charge in [-0.3, -0.25) is 0 Å². The van der Waals surface area contributed by atoms with Gasteiger partial charge in [0, 0.05) is 0 Å². The molecule has 33 heavy (non-hydrogen) atoms. The second-order valence-electron chi connectivity index (χ2n) is 22.1. The monoisotopic (exact) mass is 522 g/mol. The summed E-state index contributed by atoms with van der Waals surface area (Å²) < 4.78 is 2.62. The quantitative estimate of drug-likeness (QED) is 0.273. The molecule has 3 heteroatoms. The molecule has 0 bridgehead atoms. The van der Waals surface area contributed by atoms with Crippen molar-refractivity contribution in [2.45, 2.75) is 121 Å². The van der Waals surface area contributed by atoms with Crippen molar-refractivity contribution in [2.24, 2.45) is 0 Å². The van der Waals surface area contributed by atoms with Crippen LogP contribution in [-0.4, -0.2) is 11.2 Å². The van der Waals surface area contributed by atoms with Crippen molar-refractivity contribution in [1.29, 1.82) is 0 Å². The van der Waals surface area contributed by atoms with Crippen molar-refractivity contribution in [2.75, 3.05) is 0 Å². The zero-order valence-electron chi connectivity index (χ0n) is 19.2. The van der Waals surface area contributed by atoms with Crippen molar-refractivity contribution >= 4 is 0 Å². The van der Waals surface area contributed by atoms with E-state index in [0.29, 0.717) is 4.31 Å². The first-order chi connectivity index (χ1) is 15.4. The van der Waals surface area contributed by atoms with Crippen molar-refractivity contribution in [1.82, 2.24) is 0 Å². The van der Waals surface area contributed by atoms with Gasteiger partial charge in [0.25, 0.3) is 0 Å². The molecule has 20 rings (SSSR count). The molecule has 20 saturated heterocycles. The summed E-state index contributed by atoms with van der Waals surface area (Å²) in [6.45, 7) is 8.85. The molecule has 0 radical (unpaired) electrons. The van der Waals surface area contributed by atoms with Crippen LogP contribution in [-0.2, 0) is 13.0 Å². The van der Waals surface area contributed by atoms with Crippen LogP contribution in [0.5, 0.6) is 0 Å². The summed E-state index contributed by atoms with van der Waals surface area (Å²) in [5.74, 6) is 0. The summed E-state index contributed by atoms with van der Waals surface area (Å²) in [6.07, 6.45) is 7.18. The molecule has 2 spiro atoms. The SMILES string of the molecule is C=CC(O)[C]12[CH]3[CH]4[CH]5[CH]1[Fe]45321678[CH]2[CH]1[CH]6[CH]7[CH]28.C=CC[C]12[CH]3[CH]4[CH]5[C]1(CC(=C)C)[Fe]43521678[CH]2[CH]1[CH]6[CH]7[CH]28. The van der Waals surface area contributed by atoms with Crippen LogP contribution in [0.3, 0.4) is 0 Å². The van der Waals surface area contributed by atoms with Gasteiger partial charge in [0.2, 0.25) is 0 Å². The van der Waals surface area contributed by atoms with Crippen molar-refractivity contribution in [3.05, 3.63) is 37.5 Å². The van der Waals surface area contributed by atoms with Crippen LogP contribution in [0.2, 0.25) is 94.8 Å². The van der Waals surface area contributed by atoms with Gasteiger partial charge < -0.3 is 0 Å². The number of aliphatic hydroxyl groups is 1. The van der Waals surface area contributed by atoms with E-state index < -0.39 is 13.0 Å². The van der Waals surface area contributed by atoms with Crippen molar-refractivity contribution in [3.63, 3.8) is 0 Å². The van der Waals surface area contributed by atoms with Crippen LogP contribution >= 0.6 is 0 Å². The predicted octanol–water partition coefficient (Wildman–Crippen LogP) is 8.95. The third-order valence-electron chi connectivity index (χ3n) is 32.0. The minimum absolute atomic E-state index is 0.0495. The third kappa shape index (κ3) is 0.141. The number of rotatable bonds is 6. The molecule has 10 unspecified atom stereocenters. The first-order valence-corrected chi connectivity index (χ1v) is 26.9. The molecule has 0 amide bonds. The summed E-state index contributed by atoms with van der Waals surface area (Å²) >= 11 is 0. The number of hydrogen-bond donors (Lipinski definition) is 1. The number of allylic oxidation sites excluding steroid dienone is 2. The second-order valence-corrected chi connectivity index (χ2v) is 69.1. The second kappa shape index (κ2) is 1.10. The van der Waals surface area contributed by atoms with E-state index in [4.69, 9.17) is 0 Å². The summed E-state index contributed by atoms with van der Waals surface area (Å²) in [6, 6.07) is 0. The van der Waals surface area contributed by atoms with E-state index >= 15 is 0 Å². The Bertz CT molecular complexity index is 2230. The molecule has 0 aromatic carbocycles. The van der Waals surface area contributed by atoms with Gasteiger partial charge in [0.05, 0.1) is 0 Å². The molecule has 20 aliphatic rings. The average Bonchev–Trinajstić information content (AvgIpc) is 3.67. The van der Waals surface area contributed by atoms with Crippen LogP contribution in [0.25, 0.3) is 0 Å². The van der Waals surface area contributed by atoms with Gasteiger partial charge in [0.1, 0.15) is 0 Å². The Morgan fingerprint density at radius 1 is 0.788 bits per heavy atom. The molecule has 176 valence electrons. The van der Waals surface area contributed by atoms with Gasteiger partial charge >= 0.3 is 176 Å². The Morgan fingerprint density at radius 3 is 1.61 bits per heavy atom. The number of aliphatic hydroxyl groups excluding tert-OH is 1. The summed E-state index contributed by atoms with van der Waals surface area (Å²) in [7, 11) is 0. The summed E-state index contributed by atoms with van der Waals surface area (Å²) in [5.41, 5.74) is 1.53. The molecule has 10 atom stereocenters. The van der Waals surface area contributed by atoms with Crippen LogP contribution in [0.1, 0.15) is 19.8 Å². The normalized spacial score (nSPS) is 125. The topological polar surface area (TPSA) is 20.2 Å². The Labute approximate surface area is 175 Å². The van der Waals surface area contributed by atoms with Crippen molar-refractivity contribution in [3.8, 4) is 0 Å². The van der Waals surface area contributed by atoms with Gasteiger partial charge in [-0.2, -0.15) is 0 Å². The summed E-state index contributed by atoms with van der Waals surface area (Å²) in [4.78, 5) is 23.3. The van der Waals surface area contributed by atoms with E-state index in [2.05, 4.69) is 32.7 Å². The maximum atomic E-state index is 10.6. The van der Waals surface area contributed by atoms with E-state index in [1.807, 2.05) is 6.08 Å². The van der Waals surface area contributed by atoms with Crippen LogP contribution in [0.15, 0.2) is 37.5 Å². The predicted molar refractivity (Wildman–Crippen MR) is 122 cm³/mol.